The lowest BCUT2D eigenvalue weighted by atomic mass is 9.96. The highest BCUT2D eigenvalue weighted by Gasteiger charge is 2.35. The number of likely N-dealkylation sites (tertiary alicyclic amines) is 1. The lowest BCUT2D eigenvalue weighted by Crippen LogP contribution is -2.38. The molecule has 0 atom stereocenters. The maximum absolute atomic E-state index is 13.0. The Labute approximate surface area is 133 Å². The van der Waals surface area contributed by atoms with Gasteiger partial charge in [0, 0.05) is 30.5 Å². The molecule has 0 unspecified atom stereocenters. The van der Waals surface area contributed by atoms with Crippen LogP contribution in [0.15, 0.2) is 28.7 Å². The van der Waals surface area contributed by atoms with Gasteiger partial charge in [0.25, 0.3) is 0 Å². The minimum absolute atomic E-state index is 0.194. The van der Waals surface area contributed by atoms with Gasteiger partial charge >= 0.3 is 0 Å². The molecule has 23 heavy (non-hydrogen) atoms. The predicted molar refractivity (Wildman–Crippen MR) is 81.0 cm³/mol. The van der Waals surface area contributed by atoms with Crippen LogP contribution in [0.5, 0.6) is 0 Å². The van der Waals surface area contributed by atoms with Crippen molar-refractivity contribution in [1.82, 2.24) is 15.1 Å². The summed E-state index contributed by atoms with van der Waals surface area (Å²) in [5, 5.41) is 8.21. The molecule has 5 nitrogen and oxygen atoms in total. The number of rotatable bonds is 3. The van der Waals surface area contributed by atoms with E-state index in [0.29, 0.717) is 23.3 Å². The van der Waals surface area contributed by atoms with Crippen molar-refractivity contribution >= 4 is 5.91 Å². The van der Waals surface area contributed by atoms with Crippen LogP contribution in [-0.4, -0.2) is 34.1 Å². The summed E-state index contributed by atoms with van der Waals surface area (Å²) in [4.78, 5) is 14.0. The normalized spacial score (nSPS) is 19.1. The molecule has 1 amide bonds. The van der Waals surface area contributed by atoms with E-state index in [4.69, 9.17) is 4.42 Å². The zero-order valence-electron chi connectivity index (χ0n) is 12.7. The monoisotopic (exact) mass is 315 g/mol. The Morgan fingerprint density at radius 3 is 2.43 bits per heavy atom. The molecule has 2 fully saturated rings. The number of hydrogen-bond donors (Lipinski definition) is 0. The molecule has 0 bridgehead atoms. The molecule has 120 valence electrons. The van der Waals surface area contributed by atoms with Gasteiger partial charge in [0.1, 0.15) is 5.82 Å². The number of amides is 1. The zero-order chi connectivity index (χ0) is 15.8. The second kappa shape index (κ2) is 5.76. The predicted octanol–water partition coefficient (Wildman–Crippen LogP) is 2.99. The van der Waals surface area contributed by atoms with Crippen LogP contribution >= 0.6 is 0 Å². The van der Waals surface area contributed by atoms with Crippen molar-refractivity contribution in [1.29, 1.82) is 0 Å². The maximum Gasteiger partial charge on any atom is 0.247 e. The molecule has 1 aliphatic heterocycles. The molecule has 1 aliphatic carbocycles. The molecule has 2 aliphatic rings. The van der Waals surface area contributed by atoms with Crippen molar-refractivity contribution in [3.63, 3.8) is 0 Å². The molecular weight excluding hydrogens is 297 g/mol. The number of benzene rings is 1. The lowest BCUT2D eigenvalue weighted by Gasteiger charge is -2.30. The van der Waals surface area contributed by atoms with Gasteiger partial charge in [-0.25, -0.2) is 4.39 Å². The molecule has 4 rings (SSSR count). The Morgan fingerprint density at radius 1 is 1.09 bits per heavy atom. The summed E-state index contributed by atoms with van der Waals surface area (Å²) in [6, 6.07) is 6.01. The molecule has 0 N–H and O–H groups in total. The molecular formula is C17H18FN3O2. The Balaban J connectivity index is 1.41. The van der Waals surface area contributed by atoms with E-state index < -0.39 is 0 Å². The Morgan fingerprint density at radius 2 is 1.78 bits per heavy atom. The summed E-state index contributed by atoms with van der Waals surface area (Å²) < 4.78 is 18.7. The summed E-state index contributed by atoms with van der Waals surface area (Å²) in [5.41, 5.74) is 0.714. The third kappa shape index (κ3) is 2.98. The Bertz CT molecular complexity index is 701. The van der Waals surface area contributed by atoms with Gasteiger partial charge in [-0.1, -0.05) is 0 Å². The van der Waals surface area contributed by atoms with Crippen molar-refractivity contribution < 1.29 is 13.6 Å². The van der Waals surface area contributed by atoms with E-state index in [0.717, 1.165) is 38.8 Å². The number of aromatic nitrogens is 2. The maximum atomic E-state index is 13.0. The van der Waals surface area contributed by atoms with Gasteiger partial charge in [-0.3, -0.25) is 4.79 Å². The standard InChI is InChI=1S/C17H18FN3O2/c18-14-5-3-11(4-6-14)15-19-20-16(23-15)12-7-9-21(10-8-12)17(22)13-1-2-13/h3-6,12-13H,1-2,7-10H2. The molecule has 1 saturated carbocycles. The van der Waals surface area contributed by atoms with Crippen LogP contribution in [0.4, 0.5) is 4.39 Å². The van der Waals surface area contributed by atoms with Crippen molar-refractivity contribution in [2.24, 2.45) is 5.92 Å². The van der Waals surface area contributed by atoms with Gasteiger partial charge in [-0.15, -0.1) is 10.2 Å². The average Bonchev–Trinajstić information content (AvgIpc) is 3.32. The summed E-state index contributed by atoms with van der Waals surface area (Å²) in [7, 11) is 0. The van der Waals surface area contributed by atoms with Gasteiger partial charge < -0.3 is 9.32 Å². The van der Waals surface area contributed by atoms with Crippen molar-refractivity contribution in [2.75, 3.05) is 13.1 Å². The van der Waals surface area contributed by atoms with Crippen LogP contribution in [-0.2, 0) is 4.79 Å². The minimum Gasteiger partial charge on any atom is -0.420 e. The quantitative estimate of drug-likeness (QED) is 0.873. The topological polar surface area (TPSA) is 59.2 Å². The molecule has 2 heterocycles. The van der Waals surface area contributed by atoms with Crippen molar-refractivity contribution in [3.05, 3.63) is 36.0 Å². The average molecular weight is 315 g/mol. The number of carbonyl (C=O) groups is 1. The van der Waals surface area contributed by atoms with E-state index in [1.54, 1.807) is 12.1 Å². The first-order valence-electron chi connectivity index (χ1n) is 8.09. The lowest BCUT2D eigenvalue weighted by molar-refractivity contribution is -0.133. The first kappa shape index (κ1) is 14.4. The van der Waals surface area contributed by atoms with Gasteiger partial charge in [-0.2, -0.15) is 0 Å². The largest absolute Gasteiger partial charge is 0.420 e. The van der Waals surface area contributed by atoms with E-state index in [1.165, 1.54) is 12.1 Å². The van der Waals surface area contributed by atoms with E-state index in [-0.39, 0.29) is 17.7 Å². The van der Waals surface area contributed by atoms with Gasteiger partial charge in [-0.05, 0) is 49.9 Å². The van der Waals surface area contributed by atoms with E-state index in [2.05, 4.69) is 10.2 Å². The van der Waals surface area contributed by atoms with Crippen LogP contribution in [0.1, 0.15) is 37.5 Å². The van der Waals surface area contributed by atoms with Crippen LogP contribution < -0.4 is 0 Å². The van der Waals surface area contributed by atoms with Crippen LogP contribution in [0.25, 0.3) is 11.5 Å². The Hall–Kier alpha value is -2.24. The van der Waals surface area contributed by atoms with E-state index in [1.807, 2.05) is 4.90 Å². The number of piperidine rings is 1. The summed E-state index contributed by atoms with van der Waals surface area (Å²) in [5.74, 6) is 1.52. The summed E-state index contributed by atoms with van der Waals surface area (Å²) >= 11 is 0. The molecule has 1 aromatic carbocycles. The third-order valence-corrected chi connectivity index (χ3v) is 4.61. The van der Waals surface area contributed by atoms with Crippen LogP contribution in [0, 0.1) is 11.7 Å². The highest BCUT2D eigenvalue weighted by Crippen LogP contribution is 2.34. The highest BCUT2D eigenvalue weighted by atomic mass is 19.1. The number of carbonyl (C=O) groups excluding carboxylic acids is 1. The van der Waals surface area contributed by atoms with Crippen molar-refractivity contribution in [3.8, 4) is 11.5 Å². The first-order valence-corrected chi connectivity index (χ1v) is 8.09. The van der Waals surface area contributed by atoms with E-state index >= 15 is 0 Å². The number of hydrogen-bond acceptors (Lipinski definition) is 4. The second-order valence-electron chi connectivity index (χ2n) is 6.33. The van der Waals surface area contributed by atoms with Crippen LogP contribution in [0.3, 0.4) is 0 Å². The molecule has 0 spiro atoms. The zero-order valence-corrected chi connectivity index (χ0v) is 12.7. The first-order chi connectivity index (χ1) is 11.2. The number of halogens is 1. The van der Waals surface area contributed by atoms with Crippen molar-refractivity contribution in [2.45, 2.75) is 31.6 Å². The van der Waals surface area contributed by atoms with Crippen LogP contribution in [0.2, 0.25) is 0 Å². The van der Waals surface area contributed by atoms with Gasteiger partial charge in [0.15, 0.2) is 0 Å². The fraction of sp³-hybridized carbons (Fsp3) is 0.471. The highest BCUT2D eigenvalue weighted by molar-refractivity contribution is 5.81. The minimum atomic E-state index is -0.291. The fourth-order valence-electron chi connectivity index (χ4n) is 3.04. The van der Waals surface area contributed by atoms with E-state index in [9.17, 15) is 9.18 Å². The molecule has 1 saturated heterocycles. The van der Waals surface area contributed by atoms with Gasteiger partial charge in [0.2, 0.25) is 17.7 Å². The molecule has 6 heteroatoms. The third-order valence-electron chi connectivity index (χ3n) is 4.61. The SMILES string of the molecule is O=C(C1CC1)N1CCC(c2nnc(-c3ccc(F)cc3)o2)CC1. The smallest absolute Gasteiger partial charge is 0.247 e. The summed E-state index contributed by atoms with van der Waals surface area (Å²) in [6.45, 7) is 1.52. The molecule has 2 aromatic rings. The Kier molecular flexibility index (Phi) is 3.59. The fourth-order valence-corrected chi connectivity index (χ4v) is 3.04. The molecule has 0 radical (unpaired) electrons. The summed E-state index contributed by atoms with van der Waals surface area (Å²) in [6.07, 6.45) is 3.79. The second-order valence-corrected chi connectivity index (χ2v) is 6.33. The molecule has 1 aromatic heterocycles. The number of nitrogens with zero attached hydrogens (tertiary/aromatic N) is 3. The van der Waals surface area contributed by atoms with Gasteiger partial charge in [0.05, 0.1) is 0 Å².